The summed E-state index contributed by atoms with van der Waals surface area (Å²) in [5.74, 6) is 0.697. The molecule has 2 fully saturated rings. The van der Waals surface area contributed by atoms with Gasteiger partial charge in [0.05, 0.1) is 22.6 Å². The molecule has 1 saturated carbocycles. The van der Waals surface area contributed by atoms with E-state index < -0.39 is 22.4 Å². The number of nitro benzene ring substituents is 1. The smallest absolute Gasteiger partial charge is 0.423 e. The van der Waals surface area contributed by atoms with E-state index in [2.05, 4.69) is 10.2 Å². The van der Waals surface area contributed by atoms with Gasteiger partial charge in [0.1, 0.15) is 23.5 Å². The summed E-state index contributed by atoms with van der Waals surface area (Å²) in [4.78, 5) is 26.7. The second-order valence-corrected chi connectivity index (χ2v) is 11.4. The Morgan fingerprint density at radius 3 is 2.45 bits per heavy atom. The molecular formula is C28H29Cl2F3N4O5. The van der Waals surface area contributed by atoms with Crippen LogP contribution in [-0.4, -0.2) is 65.6 Å². The van der Waals surface area contributed by atoms with Crippen molar-refractivity contribution in [1.29, 1.82) is 0 Å². The fourth-order valence-electron chi connectivity index (χ4n) is 5.47. The molecule has 1 N–H and O–H groups in total. The van der Waals surface area contributed by atoms with Crippen LogP contribution in [0.3, 0.4) is 0 Å². The largest absolute Gasteiger partial charge is 0.460 e. The number of carbonyl (C=O) groups is 1. The lowest BCUT2D eigenvalue weighted by Gasteiger charge is -2.35. The topological polar surface area (TPSA) is 101 Å². The van der Waals surface area contributed by atoms with Gasteiger partial charge < -0.3 is 19.4 Å². The number of carbonyl (C=O) groups excluding carboxylic acids is 1. The Hall–Kier alpha value is -3.06. The van der Waals surface area contributed by atoms with Crippen LogP contribution in [0, 0.1) is 10.1 Å². The number of furan rings is 1. The van der Waals surface area contributed by atoms with Crippen LogP contribution in [-0.2, 0) is 22.3 Å². The molecule has 5 rings (SSSR count). The molecule has 226 valence electrons. The van der Waals surface area contributed by atoms with E-state index in [1.807, 2.05) is 6.07 Å². The van der Waals surface area contributed by atoms with Gasteiger partial charge in [0.15, 0.2) is 0 Å². The summed E-state index contributed by atoms with van der Waals surface area (Å²) in [6.45, 7) is 3.08. The van der Waals surface area contributed by atoms with Crippen molar-refractivity contribution in [3.8, 4) is 0 Å². The molecule has 2 aromatic carbocycles. The van der Waals surface area contributed by atoms with E-state index in [1.165, 1.54) is 6.07 Å². The predicted molar refractivity (Wildman–Crippen MR) is 152 cm³/mol. The molecular weight excluding hydrogens is 600 g/mol. The summed E-state index contributed by atoms with van der Waals surface area (Å²) >= 11 is 12.3. The normalized spacial score (nSPS) is 20.2. The number of fused-ring (bicyclic) bond motifs is 1. The Morgan fingerprint density at radius 1 is 1.07 bits per heavy atom. The van der Waals surface area contributed by atoms with Crippen molar-refractivity contribution in [2.45, 2.75) is 50.6 Å². The van der Waals surface area contributed by atoms with Gasteiger partial charge in [0.25, 0.3) is 5.69 Å². The molecule has 0 unspecified atom stereocenters. The zero-order valence-electron chi connectivity index (χ0n) is 22.5. The Bertz CT molecular complexity index is 1450. The number of benzene rings is 2. The van der Waals surface area contributed by atoms with E-state index in [0.29, 0.717) is 74.0 Å². The van der Waals surface area contributed by atoms with Crippen LogP contribution in [0.5, 0.6) is 0 Å². The third-order valence-electron chi connectivity index (χ3n) is 7.69. The highest BCUT2D eigenvalue weighted by atomic mass is 35.5. The van der Waals surface area contributed by atoms with E-state index in [4.69, 9.17) is 32.4 Å². The lowest BCUT2D eigenvalue weighted by atomic mass is 9.92. The average Bonchev–Trinajstić information content (AvgIpc) is 3.35. The molecule has 1 saturated heterocycles. The van der Waals surface area contributed by atoms with Crippen LogP contribution in [0.2, 0.25) is 10.0 Å². The van der Waals surface area contributed by atoms with E-state index in [0.717, 1.165) is 23.3 Å². The number of rotatable bonds is 8. The standard InChI is InChI=1S/C28H29Cl2F3N4O5/c29-17-11-24(30)22-14-21(42-26(22)12-17)15-35-7-9-36(10-8-35)27(38)16-41-20-4-1-18(2-5-20)34-19-3-6-25(37(39)40)23(13-19)28(31,32)33/h3,6,11-14,18,20,34H,1-2,4-5,7-10,15-16H2. The number of nitrogens with zero attached hydrogens (tertiary/aromatic N) is 3. The van der Waals surface area contributed by atoms with Gasteiger partial charge in [0.2, 0.25) is 5.91 Å². The van der Waals surface area contributed by atoms with E-state index >= 15 is 0 Å². The Kier molecular flexibility index (Phi) is 9.17. The number of hydrogen-bond acceptors (Lipinski definition) is 7. The number of alkyl halides is 3. The maximum absolute atomic E-state index is 13.3. The van der Waals surface area contributed by atoms with Gasteiger partial charge >= 0.3 is 6.18 Å². The minimum absolute atomic E-state index is 0.0249. The molecule has 2 heterocycles. The van der Waals surface area contributed by atoms with Gasteiger partial charge in [-0.2, -0.15) is 13.2 Å². The SMILES string of the molecule is O=C(COC1CCC(Nc2ccc([N+](=O)[O-])c(C(F)(F)F)c2)CC1)N1CCN(Cc2cc3c(Cl)cc(Cl)cc3o2)CC1. The summed E-state index contributed by atoms with van der Waals surface area (Å²) in [6, 6.07) is 8.16. The molecule has 0 atom stereocenters. The molecule has 42 heavy (non-hydrogen) atoms. The molecule has 1 aromatic heterocycles. The highest BCUT2D eigenvalue weighted by Crippen LogP contribution is 2.38. The van der Waals surface area contributed by atoms with Crippen molar-refractivity contribution in [2.75, 3.05) is 38.1 Å². The maximum Gasteiger partial charge on any atom is 0.423 e. The highest BCUT2D eigenvalue weighted by Gasteiger charge is 2.38. The number of hydrogen-bond donors (Lipinski definition) is 1. The molecule has 9 nitrogen and oxygen atoms in total. The van der Waals surface area contributed by atoms with Gasteiger partial charge in [-0.3, -0.25) is 19.8 Å². The van der Waals surface area contributed by atoms with Gasteiger partial charge in [-0.05, 0) is 49.9 Å². The molecule has 1 amide bonds. The number of nitrogens with one attached hydrogen (secondary N) is 1. The first-order valence-corrected chi connectivity index (χ1v) is 14.3. The first-order chi connectivity index (χ1) is 20.0. The molecule has 0 bridgehead atoms. The summed E-state index contributed by atoms with van der Waals surface area (Å²) in [6.07, 6.45) is -2.40. The number of nitro groups is 1. The van der Waals surface area contributed by atoms with Crippen LogP contribution < -0.4 is 5.32 Å². The molecule has 1 aliphatic heterocycles. The predicted octanol–water partition coefficient (Wildman–Crippen LogP) is 6.75. The van der Waals surface area contributed by atoms with Crippen molar-refractivity contribution < 1.29 is 32.0 Å². The monoisotopic (exact) mass is 628 g/mol. The van der Waals surface area contributed by atoms with Gasteiger partial charge in [0, 0.05) is 60.4 Å². The number of anilines is 1. The third kappa shape index (κ3) is 7.28. The van der Waals surface area contributed by atoms with E-state index in [9.17, 15) is 28.1 Å². The maximum atomic E-state index is 13.3. The number of piperazine rings is 1. The second kappa shape index (κ2) is 12.7. The van der Waals surface area contributed by atoms with Crippen molar-refractivity contribution in [3.63, 3.8) is 0 Å². The van der Waals surface area contributed by atoms with Crippen molar-refractivity contribution in [1.82, 2.24) is 9.80 Å². The second-order valence-electron chi connectivity index (χ2n) is 10.6. The van der Waals surface area contributed by atoms with E-state index in [-0.39, 0.29) is 30.3 Å². The average molecular weight is 629 g/mol. The quantitative estimate of drug-likeness (QED) is 0.217. The Morgan fingerprint density at radius 2 is 1.79 bits per heavy atom. The first kappa shape index (κ1) is 30.4. The molecule has 3 aromatic rings. The van der Waals surface area contributed by atoms with Crippen LogP contribution in [0.4, 0.5) is 24.5 Å². The zero-order valence-corrected chi connectivity index (χ0v) is 24.0. The number of amides is 1. The molecule has 1 aliphatic carbocycles. The summed E-state index contributed by atoms with van der Waals surface area (Å²) < 4.78 is 51.6. The van der Waals surface area contributed by atoms with Gasteiger partial charge in [-0.25, -0.2) is 0 Å². The Labute approximate surface area is 249 Å². The highest BCUT2D eigenvalue weighted by molar-refractivity contribution is 6.38. The number of ether oxygens (including phenoxy) is 1. The van der Waals surface area contributed by atoms with Crippen LogP contribution in [0.1, 0.15) is 37.0 Å². The zero-order chi connectivity index (χ0) is 30.0. The van der Waals surface area contributed by atoms with Crippen LogP contribution in [0.25, 0.3) is 11.0 Å². The summed E-state index contributed by atoms with van der Waals surface area (Å²) in [7, 11) is 0. The van der Waals surface area contributed by atoms with Crippen molar-refractivity contribution >= 4 is 51.5 Å². The summed E-state index contributed by atoms with van der Waals surface area (Å²) in [5.41, 5.74) is -1.43. The van der Waals surface area contributed by atoms with Gasteiger partial charge in [-0.15, -0.1) is 0 Å². The fraction of sp³-hybridized carbons (Fsp3) is 0.464. The first-order valence-electron chi connectivity index (χ1n) is 13.6. The molecule has 0 radical (unpaired) electrons. The lowest BCUT2D eigenvalue weighted by molar-refractivity contribution is -0.388. The molecule has 14 heteroatoms. The third-order valence-corrected chi connectivity index (χ3v) is 8.22. The van der Waals surface area contributed by atoms with Crippen molar-refractivity contribution in [2.24, 2.45) is 0 Å². The van der Waals surface area contributed by atoms with Crippen molar-refractivity contribution in [3.05, 3.63) is 67.9 Å². The summed E-state index contributed by atoms with van der Waals surface area (Å²) in [5, 5.41) is 15.9. The van der Waals surface area contributed by atoms with Gasteiger partial charge in [-0.1, -0.05) is 23.2 Å². The van der Waals surface area contributed by atoms with E-state index in [1.54, 1.807) is 17.0 Å². The molecule has 0 spiro atoms. The minimum Gasteiger partial charge on any atom is -0.460 e. The van der Waals surface area contributed by atoms with Crippen LogP contribution in [0.15, 0.2) is 40.8 Å². The number of halogens is 5. The van der Waals surface area contributed by atoms with Crippen LogP contribution >= 0.6 is 23.2 Å². The minimum atomic E-state index is -4.83. The Balaban J connectivity index is 1.03. The lowest BCUT2D eigenvalue weighted by Crippen LogP contribution is -2.49. The fourth-order valence-corrected chi connectivity index (χ4v) is 6.00. The molecule has 2 aliphatic rings.